The van der Waals surface area contributed by atoms with E-state index in [1.54, 1.807) is 36.4 Å². The van der Waals surface area contributed by atoms with E-state index in [1.807, 2.05) is 0 Å². The van der Waals surface area contributed by atoms with Crippen molar-refractivity contribution in [3.63, 3.8) is 0 Å². The molecule has 1 aromatic heterocycles. The standard InChI is InChI=1S/C20H17Cl2N3O3S2/c21-17-4-3-5-18(22)16(17)12-29-13-20(26)24-14-7-9-15(10-8-14)30(27,28)25-19-6-1-2-11-23-19/h1-11H,12-13H2,(H,23,25)(H,24,26). The lowest BCUT2D eigenvalue weighted by atomic mass is 10.2. The monoisotopic (exact) mass is 481 g/mol. The highest BCUT2D eigenvalue weighted by Gasteiger charge is 2.15. The number of benzene rings is 2. The SMILES string of the molecule is O=C(CSCc1c(Cl)cccc1Cl)Nc1ccc(S(=O)(=O)Nc2ccccn2)cc1. The molecule has 0 unspecified atom stereocenters. The second-order valence-corrected chi connectivity index (χ2v) is 9.57. The number of carbonyl (C=O) groups is 1. The van der Waals surface area contributed by atoms with Crippen molar-refractivity contribution in [2.24, 2.45) is 0 Å². The van der Waals surface area contributed by atoms with Crippen molar-refractivity contribution in [2.75, 3.05) is 15.8 Å². The summed E-state index contributed by atoms with van der Waals surface area (Å²) in [4.78, 5) is 16.2. The Morgan fingerprint density at radius 3 is 2.30 bits per heavy atom. The maximum absolute atomic E-state index is 12.4. The van der Waals surface area contributed by atoms with Gasteiger partial charge in [0.25, 0.3) is 10.0 Å². The fourth-order valence-corrected chi connectivity index (χ4v) is 5.02. The Hall–Kier alpha value is -2.26. The number of hydrogen-bond donors (Lipinski definition) is 2. The number of halogens is 2. The molecule has 0 aliphatic rings. The van der Waals surface area contributed by atoms with Crippen LogP contribution in [0.15, 0.2) is 71.8 Å². The first-order chi connectivity index (χ1) is 14.3. The van der Waals surface area contributed by atoms with Crippen LogP contribution in [0.5, 0.6) is 0 Å². The topological polar surface area (TPSA) is 88.2 Å². The number of nitrogens with zero attached hydrogens (tertiary/aromatic N) is 1. The molecule has 0 saturated heterocycles. The minimum atomic E-state index is -3.77. The van der Waals surface area contributed by atoms with E-state index < -0.39 is 10.0 Å². The highest BCUT2D eigenvalue weighted by atomic mass is 35.5. The van der Waals surface area contributed by atoms with Crippen LogP contribution in [0.3, 0.4) is 0 Å². The van der Waals surface area contributed by atoms with Crippen molar-refractivity contribution in [3.8, 4) is 0 Å². The molecule has 0 spiro atoms. The Bertz CT molecular complexity index is 1110. The number of amides is 1. The molecule has 0 radical (unpaired) electrons. The van der Waals surface area contributed by atoms with Crippen LogP contribution in [0.1, 0.15) is 5.56 Å². The van der Waals surface area contributed by atoms with E-state index in [0.29, 0.717) is 21.5 Å². The predicted molar refractivity (Wildman–Crippen MR) is 123 cm³/mol. The third-order valence-electron chi connectivity index (χ3n) is 3.89. The molecule has 1 amide bonds. The van der Waals surface area contributed by atoms with E-state index in [4.69, 9.17) is 23.2 Å². The summed E-state index contributed by atoms with van der Waals surface area (Å²) >= 11 is 13.6. The molecule has 0 aliphatic heterocycles. The second kappa shape index (κ2) is 10.2. The zero-order valence-corrected chi connectivity index (χ0v) is 18.7. The number of hydrogen-bond acceptors (Lipinski definition) is 5. The summed E-state index contributed by atoms with van der Waals surface area (Å²) in [7, 11) is -3.77. The fourth-order valence-electron chi connectivity index (χ4n) is 2.45. The van der Waals surface area contributed by atoms with Crippen LogP contribution in [0.2, 0.25) is 10.0 Å². The first kappa shape index (κ1) is 22.4. The first-order valence-corrected chi connectivity index (χ1v) is 12.1. The van der Waals surface area contributed by atoms with Gasteiger partial charge >= 0.3 is 0 Å². The summed E-state index contributed by atoms with van der Waals surface area (Å²) in [6.45, 7) is 0. The number of carbonyl (C=O) groups excluding carboxylic acids is 1. The zero-order chi connectivity index (χ0) is 21.6. The van der Waals surface area contributed by atoms with Gasteiger partial charge in [0.1, 0.15) is 5.82 Å². The first-order valence-electron chi connectivity index (χ1n) is 8.69. The number of thioether (sulfide) groups is 1. The van der Waals surface area contributed by atoms with Gasteiger partial charge in [-0.15, -0.1) is 11.8 Å². The van der Waals surface area contributed by atoms with Crippen LogP contribution in [0.4, 0.5) is 11.5 Å². The Morgan fingerprint density at radius 2 is 1.67 bits per heavy atom. The van der Waals surface area contributed by atoms with Gasteiger partial charge in [0.2, 0.25) is 5.91 Å². The lowest BCUT2D eigenvalue weighted by Crippen LogP contribution is -2.15. The van der Waals surface area contributed by atoms with Gasteiger partial charge in [0.15, 0.2) is 0 Å². The summed E-state index contributed by atoms with van der Waals surface area (Å²) in [6, 6.07) is 16.1. The Labute approximate surface area is 189 Å². The summed E-state index contributed by atoms with van der Waals surface area (Å²) in [6.07, 6.45) is 1.49. The van der Waals surface area contributed by atoms with Crippen LogP contribution >= 0.6 is 35.0 Å². The summed E-state index contributed by atoms with van der Waals surface area (Å²) in [5.74, 6) is 0.710. The molecule has 3 aromatic rings. The third kappa shape index (κ3) is 6.12. The number of pyridine rings is 1. The molecule has 6 nitrogen and oxygen atoms in total. The van der Waals surface area contributed by atoms with Crippen LogP contribution in [-0.2, 0) is 20.6 Å². The van der Waals surface area contributed by atoms with Gasteiger partial charge < -0.3 is 5.32 Å². The highest BCUT2D eigenvalue weighted by molar-refractivity contribution is 7.99. The maximum atomic E-state index is 12.4. The zero-order valence-electron chi connectivity index (χ0n) is 15.5. The molecule has 0 aliphatic carbocycles. The molecule has 0 fully saturated rings. The molecule has 2 aromatic carbocycles. The Morgan fingerprint density at radius 1 is 0.967 bits per heavy atom. The Kier molecular flexibility index (Phi) is 7.60. The maximum Gasteiger partial charge on any atom is 0.263 e. The van der Waals surface area contributed by atoms with Crippen molar-refractivity contribution in [1.29, 1.82) is 0 Å². The molecule has 156 valence electrons. The molecule has 2 N–H and O–H groups in total. The van der Waals surface area contributed by atoms with Crippen molar-refractivity contribution in [2.45, 2.75) is 10.6 Å². The molecule has 0 atom stereocenters. The van der Waals surface area contributed by atoms with Crippen molar-refractivity contribution >= 4 is 62.4 Å². The number of sulfonamides is 1. The molecule has 3 rings (SSSR count). The summed E-state index contributed by atoms with van der Waals surface area (Å²) in [5.41, 5.74) is 1.28. The predicted octanol–water partition coefficient (Wildman–Crippen LogP) is 5.06. The number of aromatic nitrogens is 1. The van der Waals surface area contributed by atoms with Crippen LogP contribution < -0.4 is 10.0 Å². The minimum Gasteiger partial charge on any atom is -0.325 e. The van der Waals surface area contributed by atoms with E-state index in [0.717, 1.165) is 5.56 Å². The van der Waals surface area contributed by atoms with Crippen molar-refractivity contribution < 1.29 is 13.2 Å². The average molecular weight is 482 g/mol. The third-order valence-corrected chi connectivity index (χ3v) is 6.93. The number of anilines is 2. The van der Waals surface area contributed by atoms with Gasteiger partial charge in [-0.05, 0) is 54.1 Å². The minimum absolute atomic E-state index is 0.0638. The van der Waals surface area contributed by atoms with E-state index >= 15 is 0 Å². The van der Waals surface area contributed by atoms with Gasteiger partial charge in [-0.3, -0.25) is 9.52 Å². The molecule has 10 heteroatoms. The molecular formula is C20H17Cl2N3O3S2. The van der Waals surface area contributed by atoms with Crippen LogP contribution in [0.25, 0.3) is 0 Å². The average Bonchev–Trinajstić information content (AvgIpc) is 2.71. The number of rotatable bonds is 8. The molecular weight excluding hydrogens is 465 g/mol. The molecule has 0 saturated carbocycles. The lowest BCUT2D eigenvalue weighted by molar-refractivity contribution is -0.113. The number of nitrogens with one attached hydrogen (secondary N) is 2. The molecule has 1 heterocycles. The fraction of sp³-hybridized carbons (Fsp3) is 0.100. The van der Waals surface area contributed by atoms with E-state index in [-0.39, 0.29) is 22.4 Å². The molecule has 30 heavy (non-hydrogen) atoms. The van der Waals surface area contributed by atoms with Gasteiger partial charge in [0.05, 0.1) is 10.6 Å². The van der Waals surface area contributed by atoms with Crippen molar-refractivity contribution in [3.05, 3.63) is 82.5 Å². The van der Waals surface area contributed by atoms with Gasteiger partial charge in [-0.1, -0.05) is 35.3 Å². The van der Waals surface area contributed by atoms with E-state index in [9.17, 15) is 13.2 Å². The van der Waals surface area contributed by atoms with Crippen LogP contribution in [0, 0.1) is 0 Å². The van der Waals surface area contributed by atoms with Gasteiger partial charge in [-0.25, -0.2) is 13.4 Å². The van der Waals surface area contributed by atoms with Crippen LogP contribution in [-0.4, -0.2) is 25.1 Å². The molecule has 0 bridgehead atoms. The quantitative estimate of drug-likeness (QED) is 0.469. The smallest absolute Gasteiger partial charge is 0.263 e. The lowest BCUT2D eigenvalue weighted by Gasteiger charge is -2.09. The summed E-state index contributed by atoms with van der Waals surface area (Å²) < 4.78 is 27.2. The normalized spacial score (nSPS) is 11.1. The van der Waals surface area contributed by atoms with Gasteiger partial charge in [0, 0.05) is 27.7 Å². The second-order valence-electron chi connectivity index (χ2n) is 6.09. The highest BCUT2D eigenvalue weighted by Crippen LogP contribution is 2.28. The van der Waals surface area contributed by atoms with E-state index in [2.05, 4.69) is 15.0 Å². The van der Waals surface area contributed by atoms with Crippen molar-refractivity contribution in [1.82, 2.24) is 4.98 Å². The largest absolute Gasteiger partial charge is 0.325 e. The van der Waals surface area contributed by atoms with Gasteiger partial charge in [-0.2, -0.15) is 0 Å². The van der Waals surface area contributed by atoms with E-state index in [1.165, 1.54) is 42.2 Å². The summed E-state index contributed by atoms with van der Waals surface area (Å²) in [5, 5.41) is 3.86. The Balaban J connectivity index is 1.54.